The second-order valence-electron chi connectivity index (χ2n) is 3.91. The van der Waals surface area contributed by atoms with Crippen LogP contribution in [0.4, 0.5) is 4.79 Å². The lowest BCUT2D eigenvalue weighted by molar-refractivity contribution is 0.0421. The molecule has 17 heavy (non-hydrogen) atoms. The highest BCUT2D eigenvalue weighted by Crippen LogP contribution is 1.93. The lowest BCUT2D eigenvalue weighted by Crippen LogP contribution is -2.37. The predicted octanol–water partition coefficient (Wildman–Crippen LogP) is 1.48. The Hall–Kier alpha value is -0.810. The van der Waals surface area contributed by atoms with Crippen molar-refractivity contribution in [3.05, 3.63) is 0 Å². The molecule has 0 heterocycles. The van der Waals surface area contributed by atoms with E-state index in [2.05, 4.69) is 12.2 Å². The van der Waals surface area contributed by atoms with Crippen LogP contribution >= 0.6 is 0 Å². The second kappa shape index (κ2) is 11.7. The standard InChI is InChI=1S/C12H26N2O3/c1-4-5-6-8-16-10-11-17-9-7-14(3)12(15)13-2/h4-11H2,1-3H3,(H,13,15). The average Bonchev–Trinajstić information content (AvgIpc) is 2.35. The van der Waals surface area contributed by atoms with Crippen LogP contribution in [-0.4, -0.2) is 58.0 Å². The highest BCUT2D eigenvalue weighted by atomic mass is 16.5. The smallest absolute Gasteiger partial charge is 0.316 e. The van der Waals surface area contributed by atoms with Gasteiger partial charge in [0.15, 0.2) is 0 Å². The van der Waals surface area contributed by atoms with E-state index in [0.717, 1.165) is 13.0 Å². The van der Waals surface area contributed by atoms with Gasteiger partial charge in [-0.15, -0.1) is 0 Å². The third kappa shape index (κ3) is 10.1. The molecule has 0 bridgehead atoms. The fraction of sp³-hybridized carbons (Fsp3) is 0.917. The minimum atomic E-state index is -0.0931. The van der Waals surface area contributed by atoms with Gasteiger partial charge in [0.05, 0.1) is 19.8 Å². The van der Waals surface area contributed by atoms with E-state index in [-0.39, 0.29) is 6.03 Å². The van der Waals surface area contributed by atoms with E-state index in [1.807, 2.05) is 0 Å². The molecule has 0 rings (SSSR count). The Balaban J connectivity index is 3.15. The van der Waals surface area contributed by atoms with Crippen molar-refractivity contribution in [3.63, 3.8) is 0 Å². The second-order valence-corrected chi connectivity index (χ2v) is 3.91. The SMILES string of the molecule is CCCCCOCCOCCN(C)C(=O)NC. The Labute approximate surface area is 104 Å². The van der Waals surface area contributed by atoms with E-state index in [0.29, 0.717) is 26.4 Å². The molecule has 0 aromatic carbocycles. The Kier molecular flexibility index (Phi) is 11.1. The molecule has 2 amide bonds. The molecule has 0 aliphatic rings. The van der Waals surface area contributed by atoms with Gasteiger partial charge in [-0.25, -0.2) is 4.79 Å². The molecule has 0 saturated heterocycles. The van der Waals surface area contributed by atoms with Crippen LogP contribution in [0.1, 0.15) is 26.2 Å². The van der Waals surface area contributed by atoms with E-state index in [1.54, 1.807) is 19.0 Å². The number of carbonyl (C=O) groups is 1. The van der Waals surface area contributed by atoms with E-state index in [4.69, 9.17) is 9.47 Å². The first-order valence-electron chi connectivity index (χ1n) is 6.30. The lowest BCUT2D eigenvalue weighted by Gasteiger charge is -2.16. The Morgan fingerprint density at radius 2 is 1.76 bits per heavy atom. The molecule has 0 saturated carbocycles. The summed E-state index contributed by atoms with van der Waals surface area (Å²) in [6.07, 6.45) is 3.55. The van der Waals surface area contributed by atoms with Crippen LogP contribution in [0, 0.1) is 0 Å². The molecule has 5 heteroatoms. The number of nitrogens with one attached hydrogen (secondary N) is 1. The minimum Gasteiger partial charge on any atom is -0.379 e. The normalized spacial score (nSPS) is 10.3. The number of amides is 2. The Bertz CT molecular complexity index is 189. The summed E-state index contributed by atoms with van der Waals surface area (Å²) in [7, 11) is 3.35. The molecule has 0 aliphatic carbocycles. The number of nitrogens with zero attached hydrogens (tertiary/aromatic N) is 1. The quantitative estimate of drug-likeness (QED) is 0.594. The first-order valence-corrected chi connectivity index (χ1v) is 6.30. The van der Waals surface area contributed by atoms with Crippen molar-refractivity contribution in [2.75, 3.05) is 47.1 Å². The van der Waals surface area contributed by atoms with Gasteiger partial charge in [-0.2, -0.15) is 0 Å². The molecule has 0 unspecified atom stereocenters. The fourth-order valence-corrected chi connectivity index (χ4v) is 1.27. The van der Waals surface area contributed by atoms with Crippen LogP contribution < -0.4 is 5.32 Å². The van der Waals surface area contributed by atoms with E-state index >= 15 is 0 Å². The number of likely N-dealkylation sites (N-methyl/N-ethyl adjacent to an activating group) is 1. The highest BCUT2D eigenvalue weighted by molar-refractivity contribution is 5.73. The van der Waals surface area contributed by atoms with Gasteiger partial charge in [0.1, 0.15) is 0 Å². The van der Waals surface area contributed by atoms with Crippen molar-refractivity contribution < 1.29 is 14.3 Å². The fourth-order valence-electron chi connectivity index (χ4n) is 1.27. The molecule has 0 aromatic rings. The van der Waals surface area contributed by atoms with Crippen LogP contribution in [0.2, 0.25) is 0 Å². The van der Waals surface area contributed by atoms with Gasteiger partial charge in [0.2, 0.25) is 0 Å². The van der Waals surface area contributed by atoms with Gasteiger partial charge in [-0.05, 0) is 6.42 Å². The Morgan fingerprint density at radius 3 is 2.35 bits per heavy atom. The van der Waals surface area contributed by atoms with Gasteiger partial charge < -0.3 is 19.7 Å². The molecule has 0 aliphatic heterocycles. The van der Waals surface area contributed by atoms with Crippen LogP contribution in [0.25, 0.3) is 0 Å². The number of carbonyl (C=O) groups excluding carboxylic acids is 1. The van der Waals surface area contributed by atoms with Crippen molar-refractivity contribution in [3.8, 4) is 0 Å². The summed E-state index contributed by atoms with van der Waals surface area (Å²) >= 11 is 0. The van der Waals surface area contributed by atoms with Crippen molar-refractivity contribution >= 4 is 6.03 Å². The van der Waals surface area contributed by atoms with Gasteiger partial charge in [0, 0.05) is 27.2 Å². The largest absolute Gasteiger partial charge is 0.379 e. The van der Waals surface area contributed by atoms with Crippen LogP contribution in [-0.2, 0) is 9.47 Å². The summed E-state index contributed by atoms with van der Waals surface area (Å²) in [5, 5.41) is 2.55. The number of unbranched alkanes of at least 4 members (excludes halogenated alkanes) is 2. The number of ether oxygens (including phenoxy) is 2. The van der Waals surface area contributed by atoms with Crippen molar-refractivity contribution in [2.45, 2.75) is 26.2 Å². The molecular formula is C12H26N2O3. The van der Waals surface area contributed by atoms with Gasteiger partial charge in [-0.3, -0.25) is 0 Å². The average molecular weight is 246 g/mol. The summed E-state index contributed by atoms with van der Waals surface area (Å²) in [5.74, 6) is 0. The van der Waals surface area contributed by atoms with Gasteiger partial charge >= 0.3 is 6.03 Å². The number of hydrogen-bond acceptors (Lipinski definition) is 3. The maximum absolute atomic E-state index is 11.1. The maximum atomic E-state index is 11.1. The third-order valence-electron chi connectivity index (χ3n) is 2.40. The summed E-state index contributed by atoms with van der Waals surface area (Å²) in [4.78, 5) is 12.7. The van der Waals surface area contributed by atoms with Crippen molar-refractivity contribution in [2.24, 2.45) is 0 Å². The molecule has 0 radical (unpaired) electrons. The monoisotopic (exact) mass is 246 g/mol. The van der Waals surface area contributed by atoms with Crippen LogP contribution in [0.5, 0.6) is 0 Å². The van der Waals surface area contributed by atoms with Crippen molar-refractivity contribution in [1.82, 2.24) is 10.2 Å². The van der Waals surface area contributed by atoms with Crippen LogP contribution in [0.3, 0.4) is 0 Å². The molecule has 5 nitrogen and oxygen atoms in total. The molecule has 102 valence electrons. The first kappa shape index (κ1) is 16.2. The zero-order valence-electron chi connectivity index (χ0n) is 11.3. The molecular weight excluding hydrogens is 220 g/mol. The topological polar surface area (TPSA) is 50.8 Å². The first-order chi connectivity index (χ1) is 8.22. The molecule has 0 fully saturated rings. The lowest BCUT2D eigenvalue weighted by atomic mass is 10.3. The third-order valence-corrected chi connectivity index (χ3v) is 2.40. The Morgan fingerprint density at radius 1 is 1.12 bits per heavy atom. The number of hydrogen-bond donors (Lipinski definition) is 1. The van der Waals surface area contributed by atoms with Crippen LogP contribution in [0.15, 0.2) is 0 Å². The summed E-state index contributed by atoms with van der Waals surface area (Å²) < 4.78 is 10.8. The zero-order chi connectivity index (χ0) is 12.9. The minimum absolute atomic E-state index is 0.0931. The van der Waals surface area contributed by atoms with E-state index < -0.39 is 0 Å². The molecule has 0 aromatic heterocycles. The predicted molar refractivity (Wildman–Crippen MR) is 68.2 cm³/mol. The van der Waals surface area contributed by atoms with Gasteiger partial charge in [-0.1, -0.05) is 19.8 Å². The molecule has 0 spiro atoms. The van der Waals surface area contributed by atoms with Crippen molar-refractivity contribution in [1.29, 1.82) is 0 Å². The maximum Gasteiger partial charge on any atom is 0.316 e. The van der Waals surface area contributed by atoms with E-state index in [9.17, 15) is 4.79 Å². The van der Waals surface area contributed by atoms with E-state index in [1.165, 1.54) is 12.8 Å². The summed E-state index contributed by atoms with van der Waals surface area (Å²) in [5.41, 5.74) is 0. The van der Waals surface area contributed by atoms with Gasteiger partial charge in [0.25, 0.3) is 0 Å². The zero-order valence-corrected chi connectivity index (χ0v) is 11.3. The summed E-state index contributed by atoms with van der Waals surface area (Å²) in [6, 6.07) is -0.0931. The highest BCUT2D eigenvalue weighted by Gasteiger charge is 2.03. The summed E-state index contributed by atoms with van der Waals surface area (Å²) in [6.45, 7) is 5.35. The molecule has 1 N–H and O–H groups in total. The number of rotatable bonds is 10. The molecule has 0 atom stereocenters. The number of urea groups is 1.